The molecule has 7 nitrogen and oxygen atoms in total. The first kappa shape index (κ1) is 31.1. The van der Waals surface area contributed by atoms with Gasteiger partial charge in [0.1, 0.15) is 17.1 Å². The molecular formula is C31H30F6N4O3. The van der Waals surface area contributed by atoms with E-state index < -0.39 is 35.9 Å². The van der Waals surface area contributed by atoms with Crippen molar-refractivity contribution in [3.05, 3.63) is 76.3 Å². The lowest BCUT2D eigenvalue weighted by molar-refractivity contribution is -0.143. The van der Waals surface area contributed by atoms with Crippen LogP contribution in [0.25, 0.3) is 11.3 Å². The van der Waals surface area contributed by atoms with Gasteiger partial charge in [0.15, 0.2) is 0 Å². The summed E-state index contributed by atoms with van der Waals surface area (Å²) in [5, 5.41) is 2.90. The Morgan fingerprint density at radius 3 is 2.34 bits per heavy atom. The van der Waals surface area contributed by atoms with E-state index >= 15 is 0 Å². The topological polar surface area (TPSA) is 74.8 Å². The number of aromatic nitrogens is 1. The Balaban J connectivity index is 1.58. The molecule has 0 radical (unpaired) electrons. The molecule has 2 amide bonds. The molecule has 44 heavy (non-hydrogen) atoms. The normalized spacial score (nSPS) is 17.5. The maximum absolute atomic E-state index is 14.2. The standard InChI is InChI=1S/C31H30F6N4O3/c1-18-6-3-4-7-24(18)28-27-25(15-26(39-28)40-10-8-23(17-40)38-19(2)42)44-11-5-9-41(29(27)43)16-20-12-21(30(32,33)34)14-22(13-20)31(35,36)37/h3-4,6-7,12-15,23H,5,8-11,16-17H2,1-2H3,(H,38,42). The van der Waals surface area contributed by atoms with Crippen molar-refractivity contribution in [2.24, 2.45) is 0 Å². The maximum Gasteiger partial charge on any atom is 0.416 e. The molecule has 1 N–H and O–H groups in total. The highest BCUT2D eigenvalue weighted by Gasteiger charge is 2.38. The van der Waals surface area contributed by atoms with E-state index in [1.54, 1.807) is 18.2 Å². The number of benzene rings is 2. The van der Waals surface area contributed by atoms with E-state index in [2.05, 4.69) is 5.32 Å². The second kappa shape index (κ2) is 12.0. The summed E-state index contributed by atoms with van der Waals surface area (Å²) in [7, 11) is 0. The first-order valence-corrected chi connectivity index (χ1v) is 14.0. The van der Waals surface area contributed by atoms with Gasteiger partial charge in [0.25, 0.3) is 5.91 Å². The van der Waals surface area contributed by atoms with Gasteiger partial charge in [0.2, 0.25) is 5.91 Å². The van der Waals surface area contributed by atoms with E-state index in [0.717, 1.165) is 5.56 Å². The zero-order valence-electron chi connectivity index (χ0n) is 24.0. The number of halogens is 6. The molecule has 3 aromatic rings. The van der Waals surface area contributed by atoms with Gasteiger partial charge >= 0.3 is 12.4 Å². The zero-order chi connectivity index (χ0) is 31.8. The van der Waals surface area contributed by atoms with Crippen molar-refractivity contribution in [3.8, 4) is 17.0 Å². The van der Waals surface area contributed by atoms with Crippen LogP contribution < -0.4 is 15.0 Å². The maximum atomic E-state index is 14.2. The summed E-state index contributed by atoms with van der Waals surface area (Å²) in [5.41, 5.74) is -1.41. The van der Waals surface area contributed by atoms with Crippen LogP contribution in [0, 0.1) is 6.92 Å². The molecule has 13 heteroatoms. The number of nitrogens with one attached hydrogen (secondary N) is 1. The van der Waals surface area contributed by atoms with Gasteiger partial charge in [-0.3, -0.25) is 9.59 Å². The minimum absolute atomic E-state index is 0.0371. The number of rotatable bonds is 5. The lowest BCUT2D eigenvalue weighted by Crippen LogP contribution is -2.36. The molecule has 5 rings (SSSR count). The number of fused-ring (bicyclic) bond motifs is 1. The van der Waals surface area contributed by atoms with E-state index in [0.29, 0.717) is 49.4 Å². The number of nitrogens with zero attached hydrogens (tertiary/aromatic N) is 3. The Kier molecular flexibility index (Phi) is 8.50. The quantitative estimate of drug-likeness (QED) is 0.342. The SMILES string of the molecule is CC(=O)NC1CCN(c2cc3c(c(-c4ccccc4C)n2)C(=O)N(Cc2cc(C(F)(F)F)cc(C(F)(F)F)c2)CCCO3)C1. The van der Waals surface area contributed by atoms with E-state index in [-0.39, 0.29) is 53.7 Å². The molecule has 0 aliphatic carbocycles. The number of aryl methyl sites for hydroxylation is 1. The number of carbonyl (C=O) groups excluding carboxylic acids is 2. The molecule has 1 aromatic heterocycles. The Hall–Kier alpha value is -4.29. The third kappa shape index (κ3) is 6.76. The number of pyridine rings is 1. The predicted octanol–water partition coefficient (Wildman–Crippen LogP) is 6.23. The number of carbonyl (C=O) groups is 2. The number of hydrogen-bond donors (Lipinski definition) is 1. The van der Waals surface area contributed by atoms with Crippen LogP contribution >= 0.6 is 0 Å². The first-order valence-electron chi connectivity index (χ1n) is 14.0. The molecular weight excluding hydrogens is 590 g/mol. The number of amides is 2. The summed E-state index contributed by atoms with van der Waals surface area (Å²) in [4.78, 5) is 33.8. The second-order valence-corrected chi connectivity index (χ2v) is 11.0. The molecule has 2 aliphatic heterocycles. The van der Waals surface area contributed by atoms with Crippen LogP contribution in [0.15, 0.2) is 48.5 Å². The van der Waals surface area contributed by atoms with Crippen LogP contribution in [0.1, 0.15) is 52.4 Å². The van der Waals surface area contributed by atoms with E-state index in [4.69, 9.17) is 9.72 Å². The van der Waals surface area contributed by atoms with Gasteiger partial charge < -0.3 is 19.9 Å². The van der Waals surface area contributed by atoms with Crippen LogP contribution in [0.5, 0.6) is 5.75 Å². The van der Waals surface area contributed by atoms with Crippen molar-refractivity contribution in [2.45, 2.75) is 51.6 Å². The lowest BCUT2D eigenvalue weighted by Gasteiger charge is -2.29. The van der Waals surface area contributed by atoms with Crippen LogP contribution in [0.3, 0.4) is 0 Å². The lowest BCUT2D eigenvalue weighted by atomic mass is 9.98. The molecule has 0 bridgehead atoms. The third-order valence-electron chi connectivity index (χ3n) is 7.64. The molecule has 0 spiro atoms. The van der Waals surface area contributed by atoms with Gasteiger partial charge in [-0.1, -0.05) is 24.3 Å². The van der Waals surface area contributed by atoms with Crippen molar-refractivity contribution in [1.82, 2.24) is 15.2 Å². The van der Waals surface area contributed by atoms with E-state index in [9.17, 15) is 35.9 Å². The number of anilines is 1. The molecule has 1 atom stereocenters. The van der Waals surface area contributed by atoms with Crippen LogP contribution in [-0.4, -0.2) is 54.0 Å². The molecule has 1 unspecified atom stereocenters. The largest absolute Gasteiger partial charge is 0.492 e. The monoisotopic (exact) mass is 620 g/mol. The fourth-order valence-electron chi connectivity index (χ4n) is 5.58. The number of hydrogen-bond acceptors (Lipinski definition) is 5. The molecule has 2 aromatic carbocycles. The van der Waals surface area contributed by atoms with Crippen molar-refractivity contribution in [1.29, 1.82) is 0 Å². The highest BCUT2D eigenvalue weighted by Crippen LogP contribution is 2.39. The van der Waals surface area contributed by atoms with Gasteiger partial charge in [-0.25, -0.2) is 4.98 Å². The summed E-state index contributed by atoms with van der Waals surface area (Å²) < 4.78 is 87.3. The average molecular weight is 621 g/mol. The molecule has 2 aliphatic rings. The molecule has 3 heterocycles. The van der Waals surface area contributed by atoms with Crippen molar-refractivity contribution >= 4 is 17.6 Å². The highest BCUT2D eigenvalue weighted by atomic mass is 19.4. The van der Waals surface area contributed by atoms with Gasteiger partial charge in [-0.15, -0.1) is 0 Å². The first-order chi connectivity index (χ1) is 20.7. The van der Waals surface area contributed by atoms with Crippen molar-refractivity contribution in [2.75, 3.05) is 31.1 Å². The van der Waals surface area contributed by atoms with Crippen molar-refractivity contribution in [3.63, 3.8) is 0 Å². The fraction of sp³-hybridized carbons (Fsp3) is 0.387. The number of alkyl halides is 6. The summed E-state index contributed by atoms with van der Waals surface area (Å²) in [6.45, 7) is 4.05. The Morgan fingerprint density at radius 2 is 1.70 bits per heavy atom. The predicted molar refractivity (Wildman–Crippen MR) is 150 cm³/mol. The van der Waals surface area contributed by atoms with E-state index in [1.807, 2.05) is 24.0 Å². The van der Waals surface area contributed by atoms with Crippen LogP contribution in [0.4, 0.5) is 32.2 Å². The Bertz CT molecular complexity index is 1540. The minimum atomic E-state index is -5.01. The second-order valence-electron chi connectivity index (χ2n) is 11.0. The highest BCUT2D eigenvalue weighted by molar-refractivity contribution is 6.03. The Morgan fingerprint density at radius 1 is 1.02 bits per heavy atom. The van der Waals surface area contributed by atoms with Gasteiger partial charge in [-0.05, 0) is 49.1 Å². The van der Waals surface area contributed by atoms with Crippen LogP contribution in [-0.2, 0) is 23.7 Å². The van der Waals surface area contributed by atoms with Crippen LogP contribution in [0.2, 0.25) is 0 Å². The molecule has 1 fully saturated rings. The van der Waals surface area contributed by atoms with Gasteiger partial charge in [-0.2, -0.15) is 26.3 Å². The van der Waals surface area contributed by atoms with Gasteiger partial charge in [0, 0.05) is 50.8 Å². The van der Waals surface area contributed by atoms with E-state index in [1.165, 1.54) is 11.8 Å². The number of ether oxygens (including phenoxy) is 1. The molecule has 1 saturated heterocycles. The zero-order valence-corrected chi connectivity index (χ0v) is 24.0. The third-order valence-corrected chi connectivity index (χ3v) is 7.64. The average Bonchev–Trinajstić information content (AvgIpc) is 3.40. The van der Waals surface area contributed by atoms with Crippen molar-refractivity contribution < 1.29 is 40.7 Å². The summed E-state index contributed by atoms with van der Waals surface area (Å²) in [5.74, 6) is -0.0466. The molecule has 234 valence electrons. The summed E-state index contributed by atoms with van der Waals surface area (Å²) in [6, 6.07) is 10.1. The fourth-order valence-corrected chi connectivity index (χ4v) is 5.58. The summed E-state index contributed by atoms with van der Waals surface area (Å²) >= 11 is 0. The smallest absolute Gasteiger partial charge is 0.416 e. The minimum Gasteiger partial charge on any atom is -0.492 e. The van der Waals surface area contributed by atoms with Gasteiger partial charge in [0.05, 0.1) is 23.4 Å². The summed E-state index contributed by atoms with van der Waals surface area (Å²) in [6.07, 6.45) is -9.04. The Labute approximate surface area is 249 Å². The molecule has 0 saturated carbocycles.